The minimum atomic E-state index is -0.0372. The van der Waals surface area contributed by atoms with Crippen molar-refractivity contribution in [2.75, 3.05) is 12.3 Å². The predicted octanol–water partition coefficient (Wildman–Crippen LogP) is 2.10. The van der Waals surface area contributed by atoms with Gasteiger partial charge in [-0.1, -0.05) is 17.4 Å². The third kappa shape index (κ3) is 3.77. The van der Waals surface area contributed by atoms with Crippen molar-refractivity contribution in [2.45, 2.75) is 26.7 Å². The Morgan fingerprint density at radius 3 is 2.75 bits per heavy atom. The summed E-state index contributed by atoms with van der Waals surface area (Å²) in [5, 5.41) is 12.0. The number of aromatic nitrogens is 2. The SMILES string of the molecule is Cc1ccc(C(=O)NCCCc2nnc(N)s2)cc1C. The van der Waals surface area contributed by atoms with E-state index in [1.165, 1.54) is 16.9 Å². The second kappa shape index (κ2) is 6.47. The highest BCUT2D eigenvalue weighted by Crippen LogP contribution is 2.12. The predicted molar refractivity (Wildman–Crippen MR) is 80.9 cm³/mol. The van der Waals surface area contributed by atoms with Gasteiger partial charge in [0.2, 0.25) is 5.13 Å². The lowest BCUT2D eigenvalue weighted by atomic mass is 10.1. The van der Waals surface area contributed by atoms with Gasteiger partial charge in [-0.05, 0) is 43.5 Å². The van der Waals surface area contributed by atoms with E-state index < -0.39 is 0 Å². The Labute approximate surface area is 122 Å². The molecule has 1 aromatic heterocycles. The summed E-state index contributed by atoms with van der Waals surface area (Å²) in [6.07, 6.45) is 1.60. The van der Waals surface area contributed by atoms with Gasteiger partial charge in [-0.2, -0.15) is 0 Å². The van der Waals surface area contributed by atoms with Crippen molar-refractivity contribution in [1.82, 2.24) is 15.5 Å². The molecule has 0 aliphatic rings. The number of rotatable bonds is 5. The molecule has 1 heterocycles. The van der Waals surface area contributed by atoms with E-state index in [0.29, 0.717) is 17.2 Å². The number of benzene rings is 1. The average molecular weight is 290 g/mol. The summed E-state index contributed by atoms with van der Waals surface area (Å²) < 4.78 is 0. The molecule has 3 N–H and O–H groups in total. The smallest absolute Gasteiger partial charge is 0.251 e. The Balaban J connectivity index is 1.78. The van der Waals surface area contributed by atoms with Crippen LogP contribution in [0.1, 0.15) is 32.9 Å². The van der Waals surface area contributed by atoms with E-state index in [1.807, 2.05) is 32.0 Å². The highest BCUT2D eigenvalue weighted by Gasteiger charge is 2.06. The van der Waals surface area contributed by atoms with E-state index in [9.17, 15) is 4.79 Å². The molecule has 0 atom stereocenters. The van der Waals surface area contributed by atoms with Gasteiger partial charge in [-0.3, -0.25) is 4.79 Å². The average Bonchev–Trinajstić information content (AvgIpc) is 2.83. The highest BCUT2D eigenvalue weighted by molar-refractivity contribution is 7.15. The van der Waals surface area contributed by atoms with E-state index in [-0.39, 0.29) is 5.91 Å². The van der Waals surface area contributed by atoms with Gasteiger partial charge in [0.05, 0.1) is 0 Å². The highest BCUT2D eigenvalue weighted by atomic mass is 32.1. The van der Waals surface area contributed by atoms with Gasteiger partial charge in [0.15, 0.2) is 0 Å². The fourth-order valence-electron chi connectivity index (χ4n) is 1.79. The normalized spacial score (nSPS) is 10.5. The number of carbonyl (C=O) groups is 1. The lowest BCUT2D eigenvalue weighted by Gasteiger charge is -2.06. The Hall–Kier alpha value is -1.95. The fourth-order valence-corrected chi connectivity index (χ4v) is 2.44. The van der Waals surface area contributed by atoms with E-state index in [0.717, 1.165) is 23.4 Å². The summed E-state index contributed by atoms with van der Waals surface area (Å²) >= 11 is 1.39. The second-order valence-corrected chi connectivity index (χ2v) is 5.79. The van der Waals surface area contributed by atoms with Crippen molar-refractivity contribution in [1.29, 1.82) is 0 Å². The van der Waals surface area contributed by atoms with Gasteiger partial charge in [0.1, 0.15) is 5.01 Å². The van der Waals surface area contributed by atoms with E-state index >= 15 is 0 Å². The lowest BCUT2D eigenvalue weighted by molar-refractivity contribution is 0.0953. The molecule has 2 aromatic rings. The molecule has 0 spiro atoms. The molecular weight excluding hydrogens is 272 g/mol. The summed E-state index contributed by atoms with van der Waals surface area (Å²) in [7, 11) is 0. The molecule has 0 bridgehead atoms. The zero-order valence-electron chi connectivity index (χ0n) is 11.6. The van der Waals surface area contributed by atoms with Crippen molar-refractivity contribution in [3.63, 3.8) is 0 Å². The summed E-state index contributed by atoms with van der Waals surface area (Å²) in [6.45, 7) is 4.65. The van der Waals surface area contributed by atoms with Crippen LogP contribution in [0.3, 0.4) is 0 Å². The molecule has 0 aliphatic heterocycles. The van der Waals surface area contributed by atoms with Crippen LogP contribution in [0.5, 0.6) is 0 Å². The van der Waals surface area contributed by atoms with Gasteiger partial charge in [-0.25, -0.2) is 0 Å². The number of carbonyl (C=O) groups excluding carboxylic acids is 1. The maximum absolute atomic E-state index is 12.0. The molecule has 0 saturated heterocycles. The number of nitrogens with two attached hydrogens (primary N) is 1. The maximum Gasteiger partial charge on any atom is 0.251 e. The lowest BCUT2D eigenvalue weighted by Crippen LogP contribution is -2.24. The number of nitrogen functional groups attached to an aromatic ring is 1. The number of nitrogens with one attached hydrogen (secondary N) is 1. The Morgan fingerprint density at radius 2 is 2.10 bits per heavy atom. The van der Waals surface area contributed by atoms with Gasteiger partial charge in [-0.15, -0.1) is 10.2 Å². The first-order chi connectivity index (χ1) is 9.56. The first-order valence-electron chi connectivity index (χ1n) is 6.49. The van der Waals surface area contributed by atoms with Crippen LogP contribution in [0, 0.1) is 13.8 Å². The fraction of sp³-hybridized carbons (Fsp3) is 0.357. The van der Waals surface area contributed by atoms with Crippen LogP contribution in [0.4, 0.5) is 5.13 Å². The zero-order valence-corrected chi connectivity index (χ0v) is 12.5. The summed E-state index contributed by atoms with van der Waals surface area (Å²) in [6, 6.07) is 5.73. The molecule has 1 amide bonds. The number of hydrogen-bond donors (Lipinski definition) is 2. The third-order valence-electron chi connectivity index (χ3n) is 3.10. The van der Waals surface area contributed by atoms with Crippen LogP contribution in [-0.4, -0.2) is 22.6 Å². The first-order valence-corrected chi connectivity index (χ1v) is 7.31. The Bertz CT molecular complexity index is 609. The minimum absolute atomic E-state index is 0.0372. The van der Waals surface area contributed by atoms with Crippen LogP contribution in [-0.2, 0) is 6.42 Å². The molecule has 1 aromatic carbocycles. The topological polar surface area (TPSA) is 80.9 Å². The van der Waals surface area contributed by atoms with E-state index in [2.05, 4.69) is 15.5 Å². The molecule has 5 nitrogen and oxygen atoms in total. The number of nitrogens with zero attached hydrogens (tertiary/aromatic N) is 2. The van der Waals surface area contributed by atoms with Crippen molar-refractivity contribution in [2.24, 2.45) is 0 Å². The molecule has 0 fully saturated rings. The number of aryl methyl sites for hydroxylation is 3. The molecule has 0 radical (unpaired) electrons. The standard InChI is InChI=1S/C14H18N4OS/c1-9-5-6-11(8-10(9)2)13(19)16-7-3-4-12-17-18-14(15)20-12/h5-6,8H,3-4,7H2,1-2H3,(H2,15,18)(H,16,19). The van der Waals surface area contributed by atoms with Crippen molar-refractivity contribution >= 4 is 22.4 Å². The first kappa shape index (κ1) is 14.5. The van der Waals surface area contributed by atoms with E-state index in [1.54, 1.807) is 0 Å². The van der Waals surface area contributed by atoms with Crippen molar-refractivity contribution in [3.8, 4) is 0 Å². The minimum Gasteiger partial charge on any atom is -0.374 e. The molecule has 2 rings (SSSR count). The van der Waals surface area contributed by atoms with Crippen LogP contribution >= 0.6 is 11.3 Å². The molecule has 0 unspecified atom stereocenters. The summed E-state index contributed by atoms with van der Waals surface area (Å²) in [4.78, 5) is 12.0. The van der Waals surface area contributed by atoms with Gasteiger partial charge < -0.3 is 11.1 Å². The van der Waals surface area contributed by atoms with Crippen molar-refractivity contribution < 1.29 is 4.79 Å². The Morgan fingerprint density at radius 1 is 1.30 bits per heavy atom. The van der Waals surface area contributed by atoms with Crippen molar-refractivity contribution in [3.05, 3.63) is 39.9 Å². The number of hydrogen-bond acceptors (Lipinski definition) is 5. The van der Waals surface area contributed by atoms with Gasteiger partial charge in [0, 0.05) is 18.5 Å². The number of amides is 1. The summed E-state index contributed by atoms with van der Waals surface area (Å²) in [5.74, 6) is -0.0372. The molecule has 0 aliphatic carbocycles. The summed E-state index contributed by atoms with van der Waals surface area (Å²) in [5.41, 5.74) is 8.53. The zero-order chi connectivity index (χ0) is 14.5. The van der Waals surface area contributed by atoms with Crippen LogP contribution in [0.2, 0.25) is 0 Å². The second-order valence-electron chi connectivity index (χ2n) is 4.69. The molecule has 0 saturated carbocycles. The monoisotopic (exact) mass is 290 g/mol. The Kier molecular flexibility index (Phi) is 4.68. The molecule has 6 heteroatoms. The van der Waals surface area contributed by atoms with Crippen LogP contribution in [0.25, 0.3) is 0 Å². The molecule has 106 valence electrons. The maximum atomic E-state index is 12.0. The largest absolute Gasteiger partial charge is 0.374 e. The quantitative estimate of drug-likeness (QED) is 0.826. The van der Waals surface area contributed by atoms with Crippen LogP contribution in [0.15, 0.2) is 18.2 Å². The molecule has 20 heavy (non-hydrogen) atoms. The number of anilines is 1. The molecular formula is C14H18N4OS. The van der Waals surface area contributed by atoms with E-state index in [4.69, 9.17) is 5.73 Å². The van der Waals surface area contributed by atoms with Gasteiger partial charge in [0.25, 0.3) is 5.91 Å². The van der Waals surface area contributed by atoms with Gasteiger partial charge >= 0.3 is 0 Å². The third-order valence-corrected chi connectivity index (χ3v) is 3.92. The van der Waals surface area contributed by atoms with Crippen LogP contribution < -0.4 is 11.1 Å².